The molecule has 2 aromatic rings. The summed E-state index contributed by atoms with van der Waals surface area (Å²) in [6.45, 7) is 3.20. The Morgan fingerprint density at radius 3 is 2.59 bits per heavy atom. The lowest BCUT2D eigenvalue weighted by Crippen LogP contribution is -2.16. The molecule has 0 unspecified atom stereocenters. The van der Waals surface area contributed by atoms with Crippen LogP contribution < -0.4 is 5.32 Å². The maximum absolute atomic E-state index is 11.7. The monoisotopic (exact) mass is 321 g/mol. The first kappa shape index (κ1) is 15.8. The number of anilines is 1. The van der Waals surface area contributed by atoms with Gasteiger partial charge in [0.25, 0.3) is 0 Å². The molecule has 22 heavy (non-hydrogen) atoms. The number of amides is 1. The van der Waals surface area contributed by atoms with Gasteiger partial charge in [-0.2, -0.15) is 0 Å². The molecule has 0 saturated carbocycles. The van der Waals surface area contributed by atoms with Gasteiger partial charge in [-0.15, -0.1) is 5.10 Å². The Bertz CT molecular complexity index is 780. The van der Waals surface area contributed by atoms with Crippen LogP contribution >= 0.6 is 0 Å². The van der Waals surface area contributed by atoms with Crippen LogP contribution in [0.3, 0.4) is 0 Å². The molecule has 0 saturated heterocycles. The zero-order valence-corrected chi connectivity index (χ0v) is 12.7. The van der Waals surface area contributed by atoms with Gasteiger partial charge in [-0.05, 0) is 34.7 Å². The first-order chi connectivity index (χ1) is 10.4. The number of aromatic nitrogens is 4. The molecule has 116 valence electrons. The SMILES string of the molecule is C=CS(=O)(=O)CCC(=O)Nc1ccc(-c2nnnn2C)cc1. The number of carbonyl (C=O) groups is 1. The molecule has 0 spiro atoms. The lowest BCUT2D eigenvalue weighted by atomic mass is 10.2. The van der Waals surface area contributed by atoms with E-state index in [1.165, 1.54) is 4.68 Å². The van der Waals surface area contributed by atoms with Crippen molar-refractivity contribution < 1.29 is 13.2 Å². The van der Waals surface area contributed by atoms with Gasteiger partial charge in [0.15, 0.2) is 15.7 Å². The van der Waals surface area contributed by atoms with Crippen LogP contribution in [-0.4, -0.2) is 40.3 Å². The van der Waals surface area contributed by atoms with Gasteiger partial charge in [-0.1, -0.05) is 6.58 Å². The summed E-state index contributed by atoms with van der Waals surface area (Å²) in [7, 11) is -1.64. The van der Waals surface area contributed by atoms with Crippen LogP contribution in [0, 0.1) is 0 Å². The van der Waals surface area contributed by atoms with Crippen LogP contribution in [0.4, 0.5) is 5.69 Å². The summed E-state index contributed by atoms with van der Waals surface area (Å²) in [6, 6.07) is 6.93. The maximum atomic E-state index is 11.7. The zero-order chi connectivity index (χ0) is 16.2. The normalized spacial score (nSPS) is 11.1. The van der Waals surface area contributed by atoms with E-state index in [0.29, 0.717) is 11.5 Å². The predicted octanol–water partition coefficient (Wildman–Crippen LogP) is 0.764. The number of hydrogen-bond acceptors (Lipinski definition) is 6. The van der Waals surface area contributed by atoms with Gasteiger partial charge in [0.1, 0.15) is 0 Å². The lowest BCUT2D eigenvalue weighted by Gasteiger charge is -2.06. The topological polar surface area (TPSA) is 107 Å². The van der Waals surface area contributed by atoms with E-state index in [9.17, 15) is 13.2 Å². The minimum Gasteiger partial charge on any atom is -0.326 e. The summed E-state index contributed by atoms with van der Waals surface area (Å²) < 4.78 is 24.0. The molecule has 0 radical (unpaired) electrons. The summed E-state index contributed by atoms with van der Waals surface area (Å²) in [5.41, 5.74) is 1.37. The second-order valence-electron chi connectivity index (χ2n) is 4.54. The number of rotatable bonds is 6. The van der Waals surface area contributed by atoms with Gasteiger partial charge in [-0.3, -0.25) is 4.79 Å². The molecule has 0 aliphatic carbocycles. The van der Waals surface area contributed by atoms with Gasteiger partial charge in [0, 0.05) is 30.1 Å². The van der Waals surface area contributed by atoms with Crippen LogP contribution in [0.15, 0.2) is 36.3 Å². The van der Waals surface area contributed by atoms with Gasteiger partial charge in [0.05, 0.1) is 5.75 Å². The van der Waals surface area contributed by atoms with E-state index in [1.54, 1.807) is 31.3 Å². The fourth-order valence-corrected chi connectivity index (χ4v) is 2.36. The van der Waals surface area contributed by atoms with Crippen LogP contribution in [0.2, 0.25) is 0 Å². The molecule has 1 amide bonds. The molecule has 2 rings (SSSR count). The van der Waals surface area contributed by atoms with Gasteiger partial charge < -0.3 is 5.32 Å². The fraction of sp³-hybridized carbons (Fsp3) is 0.231. The van der Waals surface area contributed by atoms with Crippen LogP contribution in [0.5, 0.6) is 0 Å². The van der Waals surface area contributed by atoms with Crippen molar-refractivity contribution >= 4 is 21.4 Å². The number of tetrazole rings is 1. The van der Waals surface area contributed by atoms with Gasteiger partial charge in [-0.25, -0.2) is 13.1 Å². The minimum absolute atomic E-state index is 0.122. The van der Waals surface area contributed by atoms with Gasteiger partial charge >= 0.3 is 0 Å². The molecule has 1 aromatic heterocycles. The number of aryl methyl sites for hydroxylation is 1. The second kappa shape index (κ2) is 6.48. The Hall–Kier alpha value is -2.55. The van der Waals surface area contributed by atoms with Gasteiger partial charge in [0.2, 0.25) is 5.91 Å². The molecule has 0 bridgehead atoms. The largest absolute Gasteiger partial charge is 0.326 e. The minimum atomic E-state index is -3.37. The second-order valence-corrected chi connectivity index (χ2v) is 6.60. The van der Waals surface area contributed by atoms with Crippen molar-refractivity contribution in [2.45, 2.75) is 6.42 Å². The molecule has 1 N–H and O–H groups in total. The number of nitrogens with one attached hydrogen (secondary N) is 1. The van der Waals surface area contributed by atoms with Crippen molar-refractivity contribution in [3.05, 3.63) is 36.3 Å². The molecule has 0 fully saturated rings. The zero-order valence-electron chi connectivity index (χ0n) is 11.9. The van der Waals surface area contributed by atoms with Crippen LogP contribution in [0.1, 0.15) is 6.42 Å². The van der Waals surface area contributed by atoms with E-state index >= 15 is 0 Å². The molecule has 0 aliphatic heterocycles. The molecular weight excluding hydrogens is 306 g/mol. The summed E-state index contributed by atoms with van der Waals surface area (Å²) in [5, 5.41) is 14.7. The molecule has 8 nitrogen and oxygen atoms in total. The summed E-state index contributed by atoms with van der Waals surface area (Å²) in [5.74, 6) is -0.0289. The number of carbonyl (C=O) groups excluding carboxylic acids is 1. The molecule has 9 heteroatoms. The first-order valence-corrected chi connectivity index (χ1v) is 8.10. The molecular formula is C13H15N5O3S. The summed E-state index contributed by atoms with van der Waals surface area (Å²) in [4.78, 5) is 11.7. The number of nitrogens with zero attached hydrogens (tertiary/aromatic N) is 4. The summed E-state index contributed by atoms with van der Waals surface area (Å²) in [6.07, 6.45) is -0.122. The smallest absolute Gasteiger partial charge is 0.225 e. The first-order valence-electron chi connectivity index (χ1n) is 6.39. The highest BCUT2D eigenvalue weighted by Gasteiger charge is 2.10. The third-order valence-corrected chi connectivity index (χ3v) is 4.20. The quantitative estimate of drug-likeness (QED) is 0.842. The number of sulfone groups is 1. The fourth-order valence-electron chi connectivity index (χ4n) is 1.72. The third kappa shape index (κ3) is 3.98. The molecule has 1 aromatic carbocycles. The Balaban J connectivity index is 1.98. The van der Waals surface area contributed by atoms with Crippen molar-refractivity contribution in [3.8, 4) is 11.4 Å². The standard InChI is InChI=1S/C13H15N5O3S/c1-3-22(20,21)9-8-12(19)14-11-6-4-10(5-7-11)13-15-16-17-18(13)2/h3-7H,1,8-9H2,2H3,(H,14,19). The van der Waals surface area contributed by atoms with E-state index in [-0.39, 0.29) is 18.1 Å². The average Bonchev–Trinajstić information content (AvgIpc) is 2.92. The van der Waals surface area contributed by atoms with E-state index in [1.807, 2.05) is 0 Å². The average molecular weight is 321 g/mol. The van der Waals surface area contributed by atoms with E-state index in [4.69, 9.17) is 0 Å². The van der Waals surface area contributed by atoms with E-state index in [0.717, 1.165) is 11.0 Å². The highest BCUT2D eigenvalue weighted by atomic mass is 32.2. The Kier molecular flexibility index (Phi) is 4.66. The van der Waals surface area contributed by atoms with Crippen LogP contribution in [0.25, 0.3) is 11.4 Å². The Labute approximate surface area is 127 Å². The Morgan fingerprint density at radius 1 is 1.36 bits per heavy atom. The van der Waals surface area contributed by atoms with Crippen molar-refractivity contribution in [2.24, 2.45) is 7.05 Å². The molecule has 0 aliphatic rings. The third-order valence-electron chi connectivity index (χ3n) is 2.91. The van der Waals surface area contributed by atoms with Crippen molar-refractivity contribution in [2.75, 3.05) is 11.1 Å². The van der Waals surface area contributed by atoms with E-state index < -0.39 is 9.84 Å². The predicted molar refractivity (Wildman–Crippen MR) is 81.5 cm³/mol. The molecule has 1 heterocycles. The Morgan fingerprint density at radius 2 is 2.05 bits per heavy atom. The highest BCUT2D eigenvalue weighted by molar-refractivity contribution is 7.94. The van der Waals surface area contributed by atoms with Crippen molar-refractivity contribution in [1.29, 1.82) is 0 Å². The van der Waals surface area contributed by atoms with Crippen molar-refractivity contribution in [3.63, 3.8) is 0 Å². The number of hydrogen-bond donors (Lipinski definition) is 1. The van der Waals surface area contributed by atoms with Crippen molar-refractivity contribution in [1.82, 2.24) is 20.2 Å². The highest BCUT2D eigenvalue weighted by Crippen LogP contribution is 2.18. The molecule has 0 atom stereocenters. The van der Waals surface area contributed by atoms with E-state index in [2.05, 4.69) is 27.4 Å². The summed E-state index contributed by atoms with van der Waals surface area (Å²) >= 11 is 0. The number of benzene rings is 1. The maximum Gasteiger partial charge on any atom is 0.225 e. The van der Waals surface area contributed by atoms with Crippen LogP contribution in [-0.2, 0) is 21.7 Å². The lowest BCUT2D eigenvalue weighted by molar-refractivity contribution is -0.115.